The van der Waals surface area contributed by atoms with Crippen LogP contribution in [0.3, 0.4) is 0 Å². The predicted molar refractivity (Wildman–Crippen MR) is 60.2 cm³/mol. The number of hydrogen-bond donors (Lipinski definition) is 1. The Morgan fingerprint density at radius 2 is 2.25 bits per heavy atom. The van der Waals surface area contributed by atoms with Crippen LogP contribution in [-0.4, -0.2) is 22.2 Å². The summed E-state index contributed by atoms with van der Waals surface area (Å²) in [4.78, 5) is 11.9. The van der Waals surface area contributed by atoms with E-state index in [0.717, 1.165) is 18.2 Å². The average molecular weight is 219 g/mol. The molecule has 1 N–H and O–H groups in total. The second-order valence-electron chi connectivity index (χ2n) is 5.01. The molecule has 2 saturated carbocycles. The van der Waals surface area contributed by atoms with Crippen molar-refractivity contribution in [3.63, 3.8) is 0 Å². The van der Waals surface area contributed by atoms with Crippen LogP contribution in [0.15, 0.2) is 6.07 Å². The van der Waals surface area contributed by atoms with E-state index in [9.17, 15) is 4.79 Å². The highest BCUT2D eigenvalue weighted by molar-refractivity contribution is 5.92. The Kier molecular flexibility index (Phi) is 2.23. The number of amides is 1. The Morgan fingerprint density at radius 1 is 1.50 bits per heavy atom. The molecule has 3 rings (SSSR count). The maximum atomic E-state index is 11.9. The van der Waals surface area contributed by atoms with Gasteiger partial charge >= 0.3 is 0 Å². The van der Waals surface area contributed by atoms with E-state index >= 15 is 0 Å². The van der Waals surface area contributed by atoms with Crippen LogP contribution in [0.4, 0.5) is 0 Å². The third-order valence-electron chi connectivity index (χ3n) is 3.38. The minimum Gasteiger partial charge on any atom is -0.350 e. The van der Waals surface area contributed by atoms with E-state index in [0.29, 0.717) is 11.6 Å². The standard InChI is InChI=1S/C12H17N3O/c1-15-11(6-10(14-15)9-4-5-9)12(16)13-7-8-2-3-8/h6,8-9H,2-5,7H2,1H3,(H,13,16). The molecule has 86 valence electrons. The molecule has 16 heavy (non-hydrogen) atoms. The molecule has 0 radical (unpaired) electrons. The van der Waals surface area contributed by atoms with Crippen molar-refractivity contribution < 1.29 is 4.79 Å². The molecule has 1 aromatic rings. The molecular weight excluding hydrogens is 202 g/mol. The summed E-state index contributed by atoms with van der Waals surface area (Å²) >= 11 is 0. The molecular formula is C12H17N3O. The molecule has 2 fully saturated rings. The molecule has 0 spiro atoms. The summed E-state index contributed by atoms with van der Waals surface area (Å²) in [6.45, 7) is 0.822. The fourth-order valence-corrected chi connectivity index (χ4v) is 1.93. The number of rotatable bonds is 4. The highest BCUT2D eigenvalue weighted by Crippen LogP contribution is 2.39. The van der Waals surface area contributed by atoms with Crippen molar-refractivity contribution in [2.24, 2.45) is 13.0 Å². The summed E-state index contributed by atoms with van der Waals surface area (Å²) in [7, 11) is 1.85. The summed E-state index contributed by atoms with van der Waals surface area (Å²) in [5.41, 5.74) is 1.78. The Bertz CT molecular complexity index is 416. The number of nitrogens with zero attached hydrogens (tertiary/aromatic N) is 2. The normalized spacial score (nSPS) is 19.8. The molecule has 4 nitrogen and oxygen atoms in total. The molecule has 2 aliphatic carbocycles. The molecule has 0 aliphatic heterocycles. The number of carbonyl (C=O) groups is 1. The maximum absolute atomic E-state index is 11.9. The van der Waals surface area contributed by atoms with Gasteiger partial charge in [-0.2, -0.15) is 5.10 Å². The molecule has 1 amide bonds. The molecule has 4 heteroatoms. The Morgan fingerprint density at radius 3 is 2.88 bits per heavy atom. The molecule has 1 aromatic heterocycles. The van der Waals surface area contributed by atoms with Crippen LogP contribution in [0, 0.1) is 5.92 Å². The van der Waals surface area contributed by atoms with Crippen LogP contribution < -0.4 is 5.32 Å². The molecule has 0 bridgehead atoms. The quantitative estimate of drug-likeness (QED) is 0.833. The lowest BCUT2D eigenvalue weighted by atomic mass is 10.2. The van der Waals surface area contributed by atoms with E-state index in [1.54, 1.807) is 4.68 Å². The third kappa shape index (κ3) is 1.96. The summed E-state index contributed by atoms with van der Waals surface area (Å²) in [5.74, 6) is 1.35. The zero-order chi connectivity index (χ0) is 11.1. The first-order valence-electron chi connectivity index (χ1n) is 6.06. The van der Waals surface area contributed by atoms with Gasteiger partial charge in [0.1, 0.15) is 5.69 Å². The van der Waals surface area contributed by atoms with Crippen LogP contribution in [0.2, 0.25) is 0 Å². The summed E-state index contributed by atoms with van der Waals surface area (Å²) < 4.78 is 1.70. The zero-order valence-corrected chi connectivity index (χ0v) is 9.57. The van der Waals surface area contributed by atoms with E-state index in [2.05, 4.69) is 10.4 Å². The van der Waals surface area contributed by atoms with Gasteiger partial charge in [0.2, 0.25) is 0 Å². The monoisotopic (exact) mass is 219 g/mol. The largest absolute Gasteiger partial charge is 0.350 e. The predicted octanol–water partition coefficient (Wildman–Crippen LogP) is 1.44. The van der Waals surface area contributed by atoms with Gasteiger partial charge in [-0.05, 0) is 37.7 Å². The van der Waals surface area contributed by atoms with E-state index in [-0.39, 0.29) is 5.91 Å². The lowest BCUT2D eigenvalue weighted by Gasteiger charge is -2.03. The van der Waals surface area contributed by atoms with Gasteiger partial charge in [-0.3, -0.25) is 9.48 Å². The number of aryl methyl sites for hydroxylation is 1. The van der Waals surface area contributed by atoms with Crippen LogP contribution >= 0.6 is 0 Å². The first-order chi connectivity index (χ1) is 7.74. The zero-order valence-electron chi connectivity index (χ0n) is 9.57. The van der Waals surface area contributed by atoms with E-state index in [4.69, 9.17) is 0 Å². The van der Waals surface area contributed by atoms with Crippen molar-refractivity contribution in [2.75, 3.05) is 6.54 Å². The highest BCUT2D eigenvalue weighted by atomic mass is 16.2. The lowest BCUT2D eigenvalue weighted by Crippen LogP contribution is -2.27. The van der Waals surface area contributed by atoms with Crippen molar-refractivity contribution in [3.05, 3.63) is 17.5 Å². The van der Waals surface area contributed by atoms with Gasteiger partial charge in [0.15, 0.2) is 0 Å². The van der Waals surface area contributed by atoms with Gasteiger partial charge < -0.3 is 5.32 Å². The summed E-state index contributed by atoms with van der Waals surface area (Å²) in [5, 5.41) is 7.37. The fraction of sp³-hybridized carbons (Fsp3) is 0.667. The van der Waals surface area contributed by atoms with Gasteiger partial charge in [0.05, 0.1) is 5.69 Å². The number of hydrogen-bond acceptors (Lipinski definition) is 2. The van der Waals surface area contributed by atoms with Crippen LogP contribution in [0.1, 0.15) is 47.8 Å². The first kappa shape index (κ1) is 9.87. The molecule has 1 heterocycles. The lowest BCUT2D eigenvalue weighted by molar-refractivity contribution is 0.0942. The number of carbonyl (C=O) groups excluding carboxylic acids is 1. The first-order valence-corrected chi connectivity index (χ1v) is 6.06. The molecule has 2 aliphatic rings. The van der Waals surface area contributed by atoms with E-state index in [1.807, 2.05) is 13.1 Å². The maximum Gasteiger partial charge on any atom is 0.269 e. The molecule has 0 atom stereocenters. The summed E-state index contributed by atoms with van der Waals surface area (Å²) in [6.07, 6.45) is 4.97. The second-order valence-corrected chi connectivity index (χ2v) is 5.01. The van der Waals surface area contributed by atoms with E-state index < -0.39 is 0 Å². The molecule has 0 unspecified atom stereocenters. The summed E-state index contributed by atoms with van der Waals surface area (Å²) in [6, 6.07) is 1.94. The van der Waals surface area contributed by atoms with Crippen molar-refractivity contribution in [1.29, 1.82) is 0 Å². The van der Waals surface area contributed by atoms with E-state index in [1.165, 1.54) is 25.7 Å². The van der Waals surface area contributed by atoms with Gasteiger partial charge in [-0.25, -0.2) is 0 Å². The average Bonchev–Trinajstić information content (AvgIpc) is 3.13. The Labute approximate surface area is 95.0 Å². The molecule has 0 aromatic carbocycles. The van der Waals surface area contributed by atoms with Crippen molar-refractivity contribution in [1.82, 2.24) is 15.1 Å². The minimum absolute atomic E-state index is 0.0220. The van der Waals surface area contributed by atoms with Gasteiger partial charge in [-0.15, -0.1) is 0 Å². The van der Waals surface area contributed by atoms with Gasteiger partial charge in [-0.1, -0.05) is 0 Å². The van der Waals surface area contributed by atoms with Crippen molar-refractivity contribution >= 4 is 5.91 Å². The fourth-order valence-electron chi connectivity index (χ4n) is 1.93. The topological polar surface area (TPSA) is 46.9 Å². The van der Waals surface area contributed by atoms with Crippen molar-refractivity contribution in [2.45, 2.75) is 31.6 Å². The smallest absolute Gasteiger partial charge is 0.269 e. The van der Waals surface area contributed by atoms with Crippen LogP contribution in [-0.2, 0) is 7.05 Å². The molecule has 0 saturated heterocycles. The second kappa shape index (κ2) is 3.61. The number of aromatic nitrogens is 2. The highest BCUT2D eigenvalue weighted by Gasteiger charge is 2.28. The Hall–Kier alpha value is -1.32. The minimum atomic E-state index is 0.0220. The van der Waals surface area contributed by atoms with Crippen molar-refractivity contribution in [3.8, 4) is 0 Å². The van der Waals surface area contributed by atoms with Gasteiger partial charge in [0.25, 0.3) is 5.91 Å². The number of nitrogens with one attached hydrogen (secondary N) is 1. The van der Waals surface area contributed by atoms with Gasteiger partial charge in [0, 0.05) is 19.5 Å². The SMILES string of the molecule is Cn1nc(C2CC2)cc1C(=O)NCC1CC1. The Balaban J connectivity index is 1.68. The van der Waals surface area contributed by atoms with Crippen LogP contribution in [0.5, 0.6) is 0 Å². The third-order valence-corrected chi connectivity index (χ3v) is 3.38. The van der Waals surface area contributed by atoms with Crippen LogP contribution in [0.25, 0.3) is 0 Å².